The summed E-state index contributed by atoms with van der Waals surface area (Å²) in [6.45, 7) is 1.59. The van der Waals surface area contributed by atoms with Crippen LogP contribution in [0, 0.1) is 0 Å². The average Bonchev–Trinajstić information content (AvgIpc) is 2.31. The number of rotatable bonds is 5. The van der Waals surface area contributed by atoms with Gasteiger partial charge in [0.1, 0.15) is 5.75 Å². The van der Waals surface area contributed by atoms with E-state index in [1.807, 2.05) is 0 Å². The van der Waals surface area contributed by atoms with E-state index in [2.05, 4.69) is 5.32 Å². The summed E-state index contributed by atoms with van der Waals surface area (Å²) in [7, 11) is 0. The molecule has 0 aliphatic rings. The van der Waals surface area contributed by atoms with Crippen LogP contribution in [0.2, 0.25) is 0 Å². The molecule has 0 saturated carbocycles. The largest absolute Gasteiger partial charge is 0.508 e. The van der Waals surface area contributed by atoms with Crippen molar-refractivity contribution in [3.8, 4) is 5.75 Å². The molecule has 1 amide bonds. The highest BCUT2D eigenvalue weighted by molar-refractivity contribution is 5.82. The van der Waals surface area contributed by atoms with Gasteiger partial charge in [-0.25, -0.2) is 0 Å². The first kappa shape index (κ1) is 13.5. The van der Waals surface area contributed by atoms with Crippen molar-refractivity contribution in [2.75, 3.05) is 6.61 Å². The lowest BCUT2D eigenvalue weighted by Gasteiger charge is -2.15. The molecule has 0 aliphatic heterocycles. The van der Waals surface area contributed by atoms with Crippen LogP contribution in [0.4, 0.5) is 0 Å². The number of hydrogen-bond donors (Lipinski definition) is 4. The lowest BCUT2D eigenvalue weighted by atomic mass is 10.1. The Morgan fingerprint density at radius 2 is 2.00 bits per heavy atom. The third-order valence-corrected chi connectivity index (χ3v) is 2.39. The number of aromatic hydroxyl groups is 1. The van der Waals surface area contributed by atoms with Crippen LogP contribution in [0.15, 0.2) is 24.3 Å². The molecular formula is C12H18N2O3. The zero-order valence-corrected chi connectivity index (χ0v) is 9.76. The molecule has 94 valence electrons. The van der Waals surface area contributed by atoms with Crippen LogP contribution < -0.4 is 11.1 Å². The minimum Gasteiger partial charge on any atom is -0.508 e. The number of phenols is 1. The molecule has 0 spiro atoms. The first-order valence-corrected chi connectivity index (χ1v) is 5.47. The SMILES string of the molecule is C[C@H](CO)NC(=O)C(N)Cc1ccc(O)cc1. The Kier molecular flexibility index (Phi) is 4.93. The maximum absolute atomic E-state index is 11.6. The predicted molar refractivity (Wildman–Crippen MR) is 64.5 cm³/mol. The molecular weight excluding hydrogens is 220 g/mol. The van der Waals surface area contributed by atoms with Crippen molar-refractivity contribution >= 4 is 5.91 Å². The van der Waals surface area contributed by atoms with Crippen LogP contribution in [0.25, 0.3) is 0 Å². The van der Waals surface area contributed by atoms with E-state index in [4.69, 9.17) is 15.9 Å². The van der Waals surface area contributed by atoms with Crippen LogP contribution in [0.1, 0.15) is 12.5 Å². The van der Waals surface area contributed by atoms with Gasteiger partial charge in [-0.05, 0) is 31.0 Å². The maximum Gasteiger partial charge on any atom is 0.237 e. The molecule has 1 aromatic rings. The van der Waals surface area contributed by atoms with Crippen molar-refractivity contribution in [3.05, 3.63) is 29.8 Å². The summed E-state index contributed by atoms with van der Waals surface area (Å²) in [5.41, 5.74) is 6.61. The Balaban J connectivity index is 2.51. The fourth-order valence-electron chi connectivity index (χ4n) is 1.37. The molecule has 0 aliphatic carbocycles. The van der Waals surface area contributed by atoms with Crippen molar-refractivity contribution < 1.29 is 15.0 Å². The third kappa shape index (κ3) is 4.42. The quantitative estimate of drug-likeness (QED) is 0.569. The van der Waals surface area contributed by atoms with Crippen molar-refractivity contribution in [2.45, 2.75) is 25.4 Å². The van der Waals surface area contributed by atoms with Gasteiger partial charge < -0.3 is 21.3 Å². The van der Waals surface area contributed by atoms with E-state index in [-0.39, 0.29) is 24.3 Å². The predicted octanol–water partition coefficient (Wildman–Crippen LogP) is -0.241. The van der Waals surface area contributed by atoms with Crippen LogP contribution in [0.5, 0.6) is 5.75 Å². The first-order chi connectivity index (χ1) is 8.02. The number of hydrogen-bond acceptors (Lipinski definition) is 4. The molecule has 5 N–H and O–H groups in total. The molecule has 1 aromatic carbocycles. The van der Waals surface area contributed by atoms with Gasteiger partial charge >= 0.3 is 0 Å². The van der Waals surface area contributed by atoms with Gasteiger partial charge in [0, 0.05) is 6.04 Å². The van der Waals surface area contributed by atoms with Gasteiger partial charge in [0.15, 0.2) is 0 Å². The van der Waals surface area contributed by atoms with E-state index in [1.54, 1.807) is 31.2 Å². The van der Waals surface area contributed by atoms with E-state index in [0.29, 0.717) is 6.42 Å². The summed E-state index contributed by atoms with van der Waals surface area (Å²) in [6, 6.07) is 5.59. The number of phenolic OH excluding ortho intramolecular Hbond substituents is 1. The monoisotopic (exact) mass is 238 g/mol. The molecule has 0 radical (unpaired) electrons. The molecule has 5 nitrogen and oxygen atoms in total. The van der Waals surface area contributed by atoms with E-state index in [1.165, 1.54) is 0 Å². The normalized spacial score (nSPS) is 14.1. The second kappa shape index (κ2) is 6.22. The van der Waals surface area contributed by atoms with Gasteiger partial charge in [-0.2, -0.15) is 0 Å². The fraction of sp³-hybridized carbons (Fsp3) is 0.417. The Labute approximate surface area is 100 Å². The van der Waals surface area contributed by atoms with Gasteiger partial charge in [0.05, 0.1) is 12.6 Å². The highest BCUT2D eigenvalue weighted by Crippen LogP contribution is 2.10. The number of amides is 1. The second-order valence-corrected chi connectivity index (χ2v) is 4.07. The molecule has 17 heavy (non-hydrogen) atoms. The molecule has 0 aromatic heterocycles. The number of carbonyl (C=O) groups is 1. The molecule has 1 unspecified atom stereocenters. The van der Waals surface area contributed by atoms with Crippen LogP contribution >= 0.6 is 0 Å². The molecule has 0 fully saturated rings. The highest BCUT2D eigenvalue weighted by atomic mass is 16.3. The number of aliphatic hydroxyl groups excluding tert-OH is 1. The zero-order chi connectivity index (χ0) is 12.8. The summed E-state index contributed by atoms with van der Waals surface area (Å²) in [6.07, 6.45) is 0.393. The van der Waals surface area contributed by atoms with E-state index in [9.17, 15) is 4.79 Å². The summed E-state index contributed by atoms with van der Waals surface area (Å²) in [5, 5.41) is 20.5. The van der Waals surface area contributed by atoms with Crippen molar-refractivity contribution in [1.29, 1.82) is 0 Å². The maximum atomic E-state index is 11.6. The van der Waals surface area contributed by atoms with Gasteiger partial charge in [0.25, 0.3) is 0 Å². The lowest BCUT2D eigenvalue weighted by molar-refractivity contribution is -0.123. The van der Waals surface area contributed by atoms with Crippen LogP contribution in [0.3, 0.4) is 0 Å². The second-order valence-electron chi connectivity index (χ2n) is 4.07. The first-order valence-electron chi connectivity index (χ1n) is 5.47. The molecule has 2 atom stereocenters. The van der Waals surface area contributed by atoms with E-state index in [0.717, 1.165) is 5.56 Å². The highest BCUT2D eigenvalue weighted by Gasteiger charge is 2.15. The third-order valence-electron chi connectivity index (χ3n) is 2.39. The summed E-state index contributed by atoms with van der Waals surface area (Å²) in [5.74, 6) is -0.111. The molecule has 1 rings (SSSR count). The summed E-state index contributed by atoms with van der Waals surface area (Å²) < 4.78 is 0. The van der Waals surface area contributed by atoms with Crippen LogP contribution in [-0.4, -0.2) is 34.8 Å². The van der Waals surface area contributed by atoms with Gasteiger partial charge in [-0.15, -0.1) is 0 Å². The Morgan fingerprint density at radius 1 is 1.41 bits per heavy atom. The Bertz CT molecular complexity index is 365. The molecule has 0 bridgehead atoms. The number of nitrogens with one attached hydrogen (secondary N) is 1. The van der Waals surface area contributed by atoms with Crippen LogP contribution in [-0.2, 0) is 11.2 Å². The van der Waals surface area contributed by atoms with Gasteiger partial charge in [-0.1, -0.05) is 12.1 Å². The minimum absolute atomic E-state index is 0.113. The Morgan fingerprint density at radius 3 is 2.53 bits per heavy atom. The van der Waals surface area contributed by atoms with Gasteiger partial charge in [0.2, 0.25) is 5.91 Å². The molecule has 5 heteroatoms. The lowest BCUT2D eigenvalue weighted by Crippen LogP contribution is -2.46. The minimum atomic E-state index is -0.659. The van der Waals surface area contributed by atoms with Crippen molar-refractivity contribution in [3.63, 3.8) is 0 Å². The number of aliphatic hydroxyl groups is 1. The number of benzene rings is 1. The number of nitrogens with two attached hydrogens (primary N) is 1. The fourth-order valence-corrected chi connectivity index (χ4v) is 1.37. The van der Waals surface area contributed by atoms with Gasteiger partial charge in [-0.3, -0.25) is 4.79 Å². The standard InChI is InChI=1S/C12H18N2O3/c1-8(7-15)14-12(17)11(13)6-9-2-4-10(16)5-3-9/h2-5,8,11,15-16H,6-7,13H2,1H3,(H,14,17)/t8-,11?/m1/s1. The zero-order valence-electron chi connectivity index (χ0n) is 9.76. The van der Waals surface area contributed by atoms with E-state index < -0.39 is 6.04 Å². The average molecular weight is 238 g/mol. The summed E-state index contributed by atoms with van der Waals surface area (Å²) in [4.78, 5) is 11.6. The summed E-state index contributed by atoms with van der Waals surface area (Å²) >= 11 is 0. The van der Waals surface area contributed by atoms with Crippen molar-refractivity contribution in [2.24, 2.45) is 5.73 Å². The Hall–Kier alpha value is -1.59. The molecule has 0 saturated heterocycles. The van der Waals surface area contributed by atoms with Crippen molar-refractivity contribution in [1.82, 2.24) is 5.32 Å². The smallest absolute Gasteiger partial charge is 0.237 e. The topological polar surface area (TPSA) is 95.6 Å². The number of carbonyl (C=O) groups excluding carboxylic acids is 1. The molecule has 0 heterocycles. The van der Waals surface area contributed by atoms with E-state index >= 15 is 0 Å².